The number of aromatic nitrogens is 1. The van der Waals surface area contributed by atoms with Crippen LogP contribution in [0.15, 0.2) is 66.9 Å². The lowest BCUT2D eigenvalue weighted by Gasteiger charge is -2.26. The first-order valence-electron chi connectivity index (χ1n) is 11.0. The molecule has 1 saturated heterocycles. The van der Waals surface area contributed by atoms with Crippen LogP contribution in [0.4, 0.5) is 10.6 Å². The van der Waals surface area contributed by atoms with Crippen LogP contribution < -0.4 is 4.90 Å². The van der Waals surface area contributed by atoms with Crippen LogP contribution in [0, 0.1) is 0 Å². The molecule has 5 rings (SSSR count). The van der Waals surface area contributed by atoms with Crippen LogP contribution in [0.2, 0.25) is 0 Å². The molecule has 2 heterocycles. The van der Waals surface area contributed by atoms with E-state index in [1.54, 1.807) is 6.20 Å². The molecule has 168 valence electrons. The molecule has 1 amide bonds. The molecule has 0 spiro atoms. The van der Waals surface area contributed by atoms with E-state index in [0.717, 1.165) is 33.6 Å². The van der Waals surface area contributed by atoms with Gasteiger partial charge in [0.25, 0.3) is 0 Å². The van der Waals surface area contributed by atoms with Crippen molar-refractivity contribution in [1.29, 1.82) is 0 Å². The van der Waals surface area contributed by atoms with Gasteiger partial charge in [-0.1, -0.05) is 54.6 Å². The third kappa shape index (κ3) is 3.69. The molecule has 1 fully saturated rings. The summed E-state index contributed by atoms with van der Waals surface area (Å²) < 4.78 is 5.65. The lowest BCUT2D eigenvalue weighted by molar-refractivity contribution is -0.142. The molecular weight excluding hydrogens is 418 g/mol. The van der Waals surface area contributed by atoms with Gasteiger partial charge in [-0.2, -0.15) is 0 Å². The van der Waals surface area contributed by atoms with E-state index in [1.807, 2.05) is 55.4 Å². The molecule has 1 aliphatic heterocycles. The van der Waals surface area contributed by atoms with Gasteiger partial charge in [-0.3, -0.25) is 4.90 Å². The number of carbonyl (C=O) groups excluding carboxylic acids is 1. The van der Waals surface area contributed by atoms with Crippen molar-refractivity contribution in [3.8, 4) is 11.1 Å². The van der Waals surface area contributed by atoms with Gasteiger partial charge in [-0.15, -0.1) is 0 Å². The van der Waals surface area contributed by atoms with Crippen LogP contribution in [-0.4, -0.2) is 53.4 Å². The van der Waals surface area contributed by atoms with Crippen LogP contribution in [-0.2, 0) is 16.0 Å². The monoisotopic (exact) mass is 443 g/mol. The molecule has 3 aromatic rings. The number of ether oxygens (including phenoxy) is 1. The van der Waals surface area contributed by atoms with E-state index in [1.165, 1.54) is 4.90 Å². The summed E-state index contributed by atoms with van der Waals surface area (Å²) in [6.07, 6.45) is 0.270. The molecule has 2 aliphatic rings. The highest BCUT2D eigenvalue weighted by atomic mass is 16.6. The third-order valence-electron chi connectivity index (χ3n) is 6.49. The molecule has 1 aromatic heterocycles. The summed E-state index contributed by atoms with van der Waals surface area (Å²) in [6, 6.07) is 19.1. The molecule has 33 heavy (non-hydrogen) atoms. The zero-order valence-corrected chi connectivity index (χ0v) is 18.5. The highest BCUT2D eigenvalue weighted by molar-refractivity contribution is 5.84. The second-order valence-electron chi connectivity index (χ2n) is 8.68. The fraction of sp³-hybridized carbons (Fsp3) is 0.269. The molecule has 7 heteroatoms. The van der Waals surface area contributed by atoms with E-state index >= 15 is 0 Å². The Labute approximate surface area is 192 Å². The zero-order chi connectivity index (χ0) is 23.1. The maximum absolute atomic E-state index is 12.8. The van der Waals surface area contributed by atoms with Crippen molar-refractivity contribution >= 4 is 17.9 Å². The minimum atomic E-state index is -1.16. The number of nitrogens with zero attached hydrogens (tertiary/aromatic N) is 3. The average molecular weight is 444 g/mol. The highest BCUT2D eigenvalue weighted by Crippen LogP contribution is 2.47. The Balaban J connectivity index is 1.41. The predicted molar refractivity (Wildman–Crippen MR) is 124 cm³/mol. The van der Waals surface area contributed by atoms with Crippen molar-refractivity contribution in [2.45, 2.75) is 31.0 Å². The number of fused-ring (bicyclic) bond motifs is 3. The van der Waals surface area contributed by atoms with E-state index < -0.39 is 24.3 Å². The molecule has 0 radical (unpaired) electrons. The van der Waals surface area contributed by atoms with E-state index in [4.69, 9.17) is 4.74 Å². The van der Waals surface area contributed by atoms with Gasteiger partial charge in [0.1, 0.15) is 11.9 Å². The van der Waals surface area contributed by atoms with E-state index in [9.17, 15) is 14.7 Å². The molecular formula is C26H25N3O4. The van der Waals surface area contributed by atoms with Gasteiger partial charge >= 0.3 is 12.1 Å². The molecule has 0 bridgehead atoms. The van der Waals surface area contributed by atoms with Gasteiger partial charge < -0.3 is 14.7 Å². The predicted octanol–water partition coefficient (Wildman–Crippen LogP) is 4.12. The van der Waals surface area contributed by atoms with Gasteiger partial charge in [0.05, 0.1) is 0 Å². The van der Waals surface area contributed by atoms with Crippen molar-refractivity contribution in [3.63, 3.8) is 0 Å². The Morgan fingerprint density at radius 3 is 2.21 bits per heavy atom. The van der Waals surface area contributed by atoms with Crippen LogP contribution in [0.1, 0.15) is 29.0 Å². The molecule has 2 atom stereocenters. The largest absolute Gasteiger partial charge is 0.465 e. The van der Waals surface area contributed by atoms with E-state index in [0.29, 0.717) is 6.42 Å². The van der Waals surface area contributed by atoms with Gasteiger partial charge in [0.15, 0.2) is 6.23 Å². The topological polar surface area (TPSA) is 83.0 Å². The van der Waals surface area contributed by atoms with Crippen molar-refractivity contribution in [3.05, 3.63) is 83.6 Å². The van der Waals surface area contributed by atoms with Crippen LogP contribution >= 0.6 is 0 Å². The smallest absolute Gasteiger partial charge is 0.410 e. The van der Waals surface area contributed by atoms with E-state index in [2.05, 4.69) is 29.2 Å². The molecule has 2 unspecified atom stereocenters. The highest BCUT2D eigenvalue weighted by Gasteiger charge is 2.47. The first kappa shape index (κ1) is 21.0. The molecule has 7 nitrogen and oxygen atoms in total. The number of pyridine rings is 1. The molecule has 1 N–H and O–H groups in total. The number of benzene rings is 2. The van der Waals surface area contributed by atoms with Crippen LogP contribution in [0.3, 0.4) is 0 Å². The van der Waals surface area contributed by atoms with Crippen LogP contribution in [0.25, 0.3) is 11.1 Å². The Kier molecular flexibility index (Phi) is 5.24. The summed E-state index contributed by atoms with van der Waals surface area (Å²) in [7, 11) is 3.79. The average Bonchev–Trinajstić information content (AvgIpc) is 3.29. The molecule has 0 saturated carbocycles. The second-order valence-corrected chi connectivity index (χ2v) is 8.68. The lowest BCUT2D eigenvalue weighted by Crippen LogP contribution is -2.43. The summed E-state index contributed by atoms with van der Waals surface area (Å²) in [4.78, 5) is 32.5. The van der Waals surface area contributed by atoms with Crippen molar-refractivity contribution in [1.82, 2.24) is 9.88 Å². The Bertz CT molecular complexity index is 1160. The summed E-state index contributed by atoms with van der Waals surface area (Å²) in [5.41, 5.74) is 5.34. The summed E-state index contributed by atoms with van der Waals surface area (Å²) in [6.45, 7) is 0. The lowest BCUT2D eigenvalue weighted by atomic mass is 9.92. The van der Waals surface area contributed by atoms with Crippen molar-refractivity contribution < 1.29 is 19.4 Å². The Morgan fingerprint density at radius 1 is 1.03 bits per heavy atom. The third-order valence-corrected chi connectivity index (χ3v) is 6.49. The van der Waals surface area contributed by atoms with Gasteiger partial charge in [-0.25, -0.2) is 14.6 Å². The minimum absolute atomic E-state index is 0.0446. The number of carbonyl (C=O) groups is 2. The summed E-state index contributed by atoms with van der Waals surface area (Å²) in [5, 5.41) is 10.0. The first-order valence-corrected chi connectivity index (χ1v) is 11.0. The number of cyclic esters (lactones) is 1. The Hall–Kier alpha value is -3.87. The maximum Gasteiger partial charge on any atom is 0.410 e. The van der Waals surface area contributed by atoms with Crippen molar-refractivity contribution in [2.75, 3.05) is 19.0 Å². The van der Waals surface area contributed by atoms with E-state index in [-0.39, 0.29) is 12.3 Å². The zero-order valence-electron chi connectivity index (χ0n) is 18.5. The standard InChI is InChI=1S/C26H25N3O4/c1-28(2)23-12-11-16(15-27-23)13-22-25(30)33-24(29(22)26(31)32)14-21-19-9-5-3-7-17(19)18-8-4-6-10-20(18)21/h3-12,15,21-22,24H,13-14H2,1-2H3,(H,31,32). The number of rotatable bonds is 5. The Morgan fingerprint density at radius 2 is 1.67 bits per heavy atom. The quantitative estimate of drug-likeness (QED) is 0.597. The minimum Gasteiger partial charge on any atom is -0.465 e. The second kappa shape index (κ2) is 8.24. The van der Waals surface area contributed by atoms with Gasteiger partial charge in [0, 0.05) is 39.1 Å². The number of hydrogen-bond acceptors (Lipinski definition) is 5. The van der Waals surface area contributed by atoms with Crippen molar-refractivity contribution in [2.24, 2.45) is 0 Å². The number of hydrogen-bond donors (Lipinski definition) is 1. The SMILES string of the molecule is CN(C)c1ccc(CC2C(=O)OC(CC3c4ccccc4-c4ccccc43)N2C(=O)O)cn1. The van der Waals surface area contributed by atoms with Gasteiger partial charge in [0.2, 0.25) is 0 Å². The normalized spacial score (nSPS) is 19.2. The number of amides is 1. The number of esters is 1. The first-order chi connectivity index (χ1) is 15.9. The van der Waals surface area contributed by atoms with Gasteiger partial charge in [-0.05, 0) is 33.9 Å². The summed E-state index contributed by atoms with van der Waals surface area (Å²) in [5.74, 6) is 0.231. The fourth-order valence-corrected chi connectivity index (χ4v) is 4.92. The fourth-order valence-electron chi connectivity index (χ4n) is 4.92. The van der Waals surface area contributed by atoms with Crippen LogP contribution in [0.5, 0.6) is 0 Å². The maximum atomic E-state index is 12.8. The molecule has 1 aliphatic carbocycles. The molecule has 2 aromatic carbocycles. The number of carboxylic acid groups (broad SMARTS) is 1. The number of anilines is 1. The summed E-state index contributed by atoms with van der Waals surface area (Å²) >= 11 is 0.